The second-order valence-corrected chi connectivity index (χ2v) is 7.33. The average Bonchev–Trinajstić information content (AvgIpc) is 2.73. The van der Waals surface area contributed by atoms with Crippen LogP contribution in [-0.4, -0.2) is 54.5 Å². The van der Waals surface area contributed by atoms with Crippen molar-refractivity contribution < 1.29 is 14.7 Å². The van der Waals surface area contributed by atoms with Crippen molar-refractivity contribution >= 4 is 23.4 Å². The summed E-state index contributed by atoms with van der Waals surface area (Å²) in [6.07, 6.45) is 0.548. The molecule has 1 amide bonds. The van der Waals surface area contributed by atoms with Gasteiger partial charge in [0.05, 0.1) is 0 Å². The Morgan fingerprint density at radius 3 is 2.41 bits per heavy atom. The molecule has 0 spiro atoms. The third-order valence-corrected chi connectivity index (χ3v) is 5.17. The van der Waals surface area contributed by atoms with Crippen LogP contribution in [0.2, 0.25) is 0 Å². The van der Waals surface area contributed by atoms with Crippen LogP contribution in [0.3, 0.4) is 0 Å². The number of carbonyl (C=O) groups excluding carboxylic acids is 1. The zero-order valence-electron chi connectivity index (χ0n) is 16.7. The first-order valence-electron chi connectivity index (χ1n) is 9.57. The lowest BCUT2D eigenvalue weighted by Crippen LogP contribution is -2.47. The second kappa shape index (κ2) is 8.77. The predicted molar refractivity (Wildman–Crippen MR) is 114 cm³/mol. The number of amidine groups is 1. The number of hydrogen-bond acceptors (Lipinski definition) is 4. The Kier molecular flexibility index (Phi) is 6.16. The number of anilines is 1. The summed E-state index contributed by atoms with van der Waals surface area (Å²) in [6, 6.07) is 17.9. The molecule has 3 N–H and O–H groups in total. The maximum absolute atomic E-state index is 12.5. The Morgan fingerprint density at radius 2 is 1.76 bits per heavy atom. The van der Waals surface area contributed by atoms with Crippen LogP contribution in [0.4, 0.5) is 5.69 Å². The molecule has 0 radical (unpaired) electrons. The van der Waals surface area contributed by atoms with Gasteiger partial charge in [0.2, 0.25) is 11.7 Å². The molecule has 2 aromatic carbocycles. The van der Waals surface area contributed by atoms with Gasteiger partial charge in [0.1, 0.15) is 6.17 Å². The maximum atomic E-state index is 12.5. The van der Waals surface area contributed by atoms with Crippen LogP contribution in [-0.2, 0) is 9.59 Å². The van der Waals surface area contributed by atoms with Gasteiger partial charge in [-0.1, -0.05) is 48.5 Å². The lowest BCUT2D eigenvalue weighted by molar-refractivity contribution is -0.133. The molecule has 1 aliphatic rings. The summed E-state index contributed by atoms with van der Waals surface area (Å²) >= 11 is 0. The first kappa shape index (κ1) is 20.4. The molecule has 152 valence electrons. The highest BCUT2D eigenvalue weighted by Crippen LogP contribution is 2.36. The van der Waals surface area contributed by atoms with Crippen molar-refractivity contribution in [1.29, 1.82) is 0 Å². The number of carboxylic acids is 1. The van der Waals surface area contributed by atoms with Crippen molar-refractivity contribution in [3.8, 4) is 11.1 Å². The van der Waals surface area contributed by atoms with E-state index >= 15 is 0 Å². The van der Waals surface area contributed by atoms with Crippen molar-refractivity contribution in [2.45, 2.75) is 19.0 Å². The number of rotatable bonds is 4. The number of nitrogens with zero attached hydrogens (tertiary/aromatic N) is 3. The summed E-state index contributed by atoms with van der Waals surface area (Å²) in [6.45, 7) is 0.579. The second-order valence-electron chi connectivity index (χ2n) is 7.33. The number of carboxylic acid groups (broad SMARTS) is 1. The molecule has 0 aromatic heterocycles. The van der Waals surface area contributed by atoms with E-state index in [2.05, 4.69) is 9.89 Å². The summed E-state index contributed by atoms with van der Waals surface area (Å²) in [7, 11) is 3.45. The van der Waals surface area contributed by atoms with Crippen LogP contribution in [0.5, 0.6) is 0 Å². The van der Waals surface area contributed by atoms with Crippen molar-refractivity contribution in [3.05, 3.63) is 54.6 Å². The summed E-state index contributed by atoms with van der Waals surface area (Å²) in [5.74, 6) is -1.91. The van der Waals surface area contributed by atoms with Crippen molar-refractivity contribution in [2.75, 3.05) is 25.5 Å². The fraction of sp³-hybridized carbons (Fsp3) is 0.318. The molecule has 3 rings (SSSR count). The van der Waals surface area contributed by atoms with E-state index in [9.17, 15) is 14.7 Å². The van der Waals surface area contributed by atoms with Gasteiger partial charge in [0, 0.05) is 37.8 Å². The highest BCUT2D eigenvalue weighted by atomic mass is 16.4. The van der Waals surface area contributed by atoms with Gasteiger partial charge in [0.15, 0.2) is 0 Å². The third kappa shape index (κ3) is 4.56. The van der Waals surface area contributed by atoms with Gasteiger partial charge >= 0.3 is 5.97 Å². The Bertz CT molecular complexity index is 911. The number of piperidine rings is 1. The van der Waals surface area contributed by atoms with E-state index in [1.807, 2.05) is 54.6 Å². The Hall–Kier alpha value is -3.35. The van der Waals surface area contributed by atoms with Crippen LogP contribution in [0.25, 0.3) is 11.1 Å². The molecule has 2 aromatic rings. The predicted octanol–water partition coefficient (Wildman–Crippen LogP) is 2.43. The molecule has 1 fully saturated rings. The quantitative estimate of drug-likeness (QED) is 0.613. The molecule has 0 aliphatic carbocycles. The monoisotopic (exact) mass is 394 g/mol. The highest BCUT2D eigenvalue weighted by Gasteiger charge is 2.34. The highest BCUT2D eigenvalue weighted by molar-refractivity contribution is 6.33. The molecule has 29 heavy (non-hydrogen) atoms. The molecule has 1 saturated heterocycles. The largest absolute Gasteiger partial charge is 0.475 e. The topological polar surface area (TPSA) is 99.2 Å². The van der Waals surface area contributed by atoms with Crippen molar-refractivity contribution in [1.82, 2.24) is 4.90 Å². The van der Waals surface area contributed by atoms with Crippen LogP contribution in [0, 0.1) is 5.92 Å². The third-order valence-electron chi connectivity index (χ3n) is 5.17. The molecule has 2 atom stereocenters. The Labute approximate surface area is 170 Å². The van der Waals surface area contributed by atoms with Gasteiger partial charge in [-0.2, -0.15) is 0 Å². The fourth-order valence-electron chi connectivity index (χ4n) is 3.74. The van der Waals surface area contributed by atoms with Crippen LogP contribution in [0.1, 0.15) is 12.8 Å². The lowest BCUT2D eigenvalue weighted by Gasteiger charge is -2.40. The van der Waals surface area contributed by atoms with Crippen LogP contribution < -0.4 is 10.6 Å². The Morgan fingerprint density at radius 1 is 1.10 bits per heavy atom. The van der Waals surface area contributed by atoms with Gasteiger partial charge in [-0.3, -0.25) is 4.79 Å². The minimum Gasteiger partial charge on any atom is -0.475 e. The van der Waals surface area contributed by atoms with E-state index in [0.717, 1.165) is 16.8 Å². The maximum Gasteiger partial charge on any atom is 0.371 e. The molecule has 1 aliphatic heterocycles. The Balaban J connectivity index is 2.00. The summed E-state index contributed by atoms with van der Waals surface area (Å²) in [5, 5.41) is 9.22. The number of nitrogens with two attached hydrogens (primary N) is 1. The van der Waals surface area contributed by atoms with E-state index < -0.39 is 18.0 Å². The van der Waals surface area contributed by atoms with Gasteiger partial charge in [-0.15, -0.1) is 0 Å². The van der Waals surface area contributed by atoms with E-state index in [1.165, 1.54) is 0 Å². The van der Waals surface area contributed by atoms with Crippen LogP contribution >= 0.6 is 0 Å². The number of para-hydroxylation sites is 1. The molecule has 0 saturated carbocycles. The van der Waals surface area contributed by atoms with Gasteiger partial charge in [-0.05, 0) is 24.5 Å². The molecular weight excluding hydrogens is 368 g/mol. The molecule has 7 heteroatoms. The SMILES string of the molecule is CN(C)C(=O)C1CCN(c2ccccc2-c2ccccc2)C(/N=C(\N)C(=O)O)C1. The first-order valence-corrected chi connectivity index (χ1v) is 9.57. The van der Waals surface area contributed by atoms with E-state index in [0.29, 0.717) is 19.4 Å². The molecule has 7 nitrogen and oxygen atoms in total. The van der Waals surface area contributed by atoms with Crippen molar-refractivity contribution in [3.63, 3.8) is 0 Å². The number of hydrogen-bond donors (Lipinski definition) is 2. The molecule has 0 bridgehead atoms. The average molecular weight is 394 g/mol. The number of aliphatic imine (C=N–C) groups is 1. The first-order chi connectivity index (χ1) is 13.9. The fourth-order valence-corrected chi connectivity index (χ4v) is 3.74. The van der Waals surface area contributed by atoms with E-state index in [-0.39, 0.29) is 11.8 Å². The van der Waals surface area contributed by atoms with Gasteiger partial charge < -0.3 is 20.6 Å². The zero-order valence-corrected chi connectivity index (χ0v) is 16.7. The van der Waals surface area contributed by atoms with Crippen molar-refractivity contribution in [2.24, 2.45) is 16.6 Å². The summed E-state index contributed by atoms with van der Waals surface area (Å²) in [5.41, 5.74) is 8.68. The summed E-state index contributed by atoms with van der Waals surface area (Å²) < 4.78 is 0. The summed E-state index contributed by atoms with van der Waals surface area (Å²) in [4.78, 5) is 31.7. The number of amides is 1. The smallest absolute Gasteiger partial charge is 0.371 e. The van der Waals surface area contributed by atoms with E-state index in [4.69, 9.17) is 5.73 Å². The lowest BCUT2D eigenvalue weighted by atomic mass is 9.91. The normalized spacial score (nSPS) is 19.7. The molecule has 2 unspecified atom stereocenters. The van der Waals surface area contributed by atoms with Gasteiger partial charge in [-0.25, -0.2) is 9.79 Å². The number of benzene rings is 2. The molecule has 1 heterocycles. The zero-order chi connectivity index (χ0) is 21.0. The number of aliphatic carboxylic acids is 1. The number of carbonyl (C=O) groups is 2. The molecular formula is C22H26N4O3. The minimum atomic E-state index is -1.26. The van der Waals surface area contributed by atoms with E-state index in [1.54, 1.807) is 19.0 Å². The van der Waals surface area contributed by atoms with Gasteiger partial charge in [0.25, 0.3) is 0 Å². The standard InChI is InChI=1S/C22H26N4O3/c1-25(2)21(27)16-12-13-26(19(14-16)24-20(23)22(28)29)18-11-7-6-10-17(18)15-8-4-3-5-9-15/h3-11,16,19H,12-14H2,1-2H3,(H2,23,24)(H,28,29). The van der Waals surface area contributed by atoms with Crippen LogP contribution in [0.15, 0.2) is 59.6 Å². The minimum absolute atomic E-state index is 0.0232.